The second-order valence-electron chi connectivity index (χ2n) is 3.80. The zero-order valence-corrected chi connectivity index (χ0v) is 10.9. The van der Waals surface area contributed by atoms with E-state index in [4.69, 9.17) is 5.11 Å². The molecule has 0 fully saturated rings. The number of aryl methyl sites for hydroxylation is 1. The first-order chi connectivity index (χ1) is 9.08. The highest BCUT2D eigenvalue weighted by molar-refractivity contribution is 7.07. The van der Waals surface area contributed by atoms with Crippen molar-refractivity contribution in [1.29, 1.82) is 0 Å². The summed E-state index contributed by atoms with van der Waals surface area (Å²) in [6, 6.07) is 2.77. The summed E-state index contributed by atoms with van der Waals surface area (Å²) in [4.78, 5) is 30.7. The molecule has 0 saturated heterocycles. The number of nitrogens with one attached hydrogen (secondary N) is 1. The van der Waals surface area contributed by atoms with E-state index in [0.717, 1.165) is 5.69 Å². The van der Waals surface area contributed by atoms with E-state index in [0.29, 0.717) is 12.2 Å². The van der Waals surface area contributed by atoms with Gasteiger partial charge in [0.15, 0.2) is 0 Å². The third kappa shape index (κ3) is 3.14. The van der Waals surface area contributed by atoms with Crippen LogP contribution >= 0.6 is 11.3 Å². The van der Waals surface area contributed by atoms with Crippen molar-refractivity contribution in [1.82, 2.24) is 15.3 Å². The largest absolute Gasteiger partial charge is 0.478 e. The van der Waals surface area contributed by atoms with Crippen molar-refractivity contribution in [2.45, 2.75) is 13.5 Å². The van der Waals surface area contributed by atoms with Crippen molar-refractivity contribution in [3.63, 3.8) is 0 Å². The second kappa shape index (κ2) is 5.57. The number of amides is 1. The van der Waals surface area contributed by atoms with Crippen molar-refractivity contribution < 1.29 is 14.7 Å². The predicted octanol–water partition coefficient (Wildman–Crippen LogP) is 1.47. The minimum atomic E-state index is -1.06. The Morgan fingerprint density at radius 2 is 2.21 bits per heavy atom. The van der Waals surface area contributed by atoms with Gasteiger partial charge in [0.2, 0.25) is 0 Å². The van der Waals surface area contributed by atoms with Gasteiger partial charge in [-0.2, -0.15) is 0 Å². The molecule has 2 aromatic heterocycles. The minimum absolute atomic E-state index is 0.0936. The first-order valence-electron chi connectivity index (χ1n) is 5.44. The van der Waals surface area contributed by atoms with Crippen molar-refractivity contribution in [3.8, 4) is 0 Å². The molecule has 7 heteroatoms. The number of aromatic nitrogens is 2. The predicted molar refractivity (Wildman–Crippen MR) is 69.2 cm³/mol. The summed E-state index contributed by atoms with van der Waals surface area (Å²) in [5.41, 5.74) is 3.06. The normalized spacial score (nSPS) is 10.2. The lowest BCUT2D eigenvalue weighted by molar-refractivity contribution is 0.0694. The monoisotopic (exact) mass is 277 g/mol. The zero-order valence-electron chi connectivity index (χ0n) is 10.1. The molecule has 0 aromatic carbocycles. The molecule has 2 aromatic rings. The Kier molecular flexibility index (Phi) is 3.86. The third-order valence-corrected chi connectivity index (χ3v) is 3.10. The average molecular weight is 277 g/mol. The Bertz CT molecular complexity index is 611. The van der Waals surface area contributed by atoms with Crippen LogP contribution in [0.4, 0.5) is 0 Å². The molecule has 0 unspecified atom stereocenters. The maximum Gasteiger partial charge on any atom is 0.337 e. The fraction of sp³-hybridized carbons (Fsp3) is 0.167. The number of aromatic carboxylic acids is 1. The number of carboxylic acids is 1. The van der Waals surface area contributed by atoms with Crippen molar-refractivity contribution in [2.75, 3.05) is 0 Å². The van der Waals surface area contributed by atoms with Crippen LogP contribution in [-0.2, 0) is 6.54 Å². The Hall–Kier alpha value is -2.28. The molecule has 0 bridgehead atoms. The molecule has 0 radical (unpaired) electrons. The number of pyridine rings is 1. The van der Waals surface area contributed by atoms with Gasteiger partial charge in [-0.25, -0.2) is 14.8 Å². The van der Waals surface area contributed by atoms with Crippen molar-refractivity contribution >= 4 is 23.2 Å². The molecular formula is C12H11N3O3S. The number of nitrogens with zero attached hydrogens (tertiary/aromatic N) is 2. The molecule has 0 atom stereocenters. The molecule has 98 valence electrons. The lowest BCUT2D eigenvalue weighted by Crippen LogP contribution is -2.24. The second-order valence-corrected chi connectivity index (χ2v) is 4.52. The van der Waals surface area contributed by atoms with Gasteiger partial charge in [0.1, 0.15) is 5.69 Å². The summed E-state index contributed by atoms with van der Waals surface area (Å²) in [6.07, 6.45) is 0. The van der Waals surface area contributed by atoms with Gasteiger partial charge < -0.3 is 10.4 Å². The van der Waals surface area contributed by atoms with Crippen LogP contribution in [0.2, 0.25) is 0 Å². The maximum atomic E-state index is 11.8. The average Bonchev–Trinajstić information content (AvgIpc) is 2.88. The van der Waals surface area contributed by atoms with Gasteiger partial charge in [-0.3, -0.25) is 4.79 Å². The molecule has 2 rings (SSSR count). The highest BCUT2D eigenvalue weighted by Crippen LogP contribution is 2.07. The number of carbonyl (C=O) groups is 2. The Balaban J connectivity index is 2.07. The number of hydrogen-bond acceptors (Lipinski definition) is 5. The summed E-state index contributed by atoms with van der Waals surface area (Å²) in [5.74, 6) is -1.41. The lowest BCUT2D eigenvalue weighted by atomic mass is 10.2. The smallest absolute Gasteiger partial charge is 0.337 e. The van der Waals surface area contributed by atoms with E-state index < -0.39 is 5.97 Å². The first-order valence-corrected chi connectivity index (χ1v) is 6.38. The van der Waals surface area contributed by atoms with Crippen LogP contribution in [0.15, 0.2) is 23.0 Å². The van der Waals surface area contributed by atoms with Gasteiger partial charge in [-0.05, 0) is 19.1 Å². The number of carbonyl (C=O) groups excluding carboxylic acids is 1. The molecule has 1 amide bonds. The van der Waals surface area contributed by atoms with E-state index in [-0.39, 0.29) is 17.2 Å². The van der Waals surface area contributed by atoms with Crippen LogP contribution in [-0.4, -0.2) is 27.0 Å². The maximum absolute atomic E-state index is 11.8. The summed E-state index contributed by atoms with van der Waals surface area (Å²) in [6.45, 7) is 1.88. The topological polar surface area (TPSA) is 92.2 Å². The van der Waals surface area contributed by atoms with Gasteiger partial charge >= 0.3 is 5.97 Å². The molecule has 0 aliphatic carbocycles. The summed E-state index contributed by atoms with van der Waals surface area (Å²) in [7, 11) is 0. The molecule has 2 N–H and O–H groups in total. The van der Waals surface area contributed by atoms with Crippen LogP contribution in [0.1, 0.15) is 32.2 Å². The van der Waals surface area contributed by atoms with Crippen LogP contribution in [0.25, 0.3) is 0 Å². The van der Waals surface area contributed by atoms with Crippen LogP contribution in [0.5, 0.6) is 0 Å². The minimum Gasteiger partial charge on any atom is -0.478 e. The number of hydrogen-bond donors (Lipinski definition) is 2. The van der Waals surface area contributed by atoms with E-state index in [2.05, 4.69) is 15.3 Å². The van der Waals surface area contributed by atoms with E-state index >= 15 is 0 Å². The highest BCUT2D eigenvalue weighted by atomic mass is 32.1. The van der Waals surface area contributed by atoms with Gasteiger partial charge in [-0.1, -0.05) is 0 Å². The number of carboxylic acid groups (broad SMARTS) is 1. The standard InChI is InChI=1S/C12H11N3O3S/c1-7-9(12(17)18)2-3-10(15-7)11(16)13-4-8-5-19-6-14-8/h2-3,5-6H,4H2,1H3,(H,13,16)(H,17,18). The number of thiazole rings is 1. The van der Waals surface area contributed by atoms with E-state index in [9.17, 15) is 9.59 Å². The summed E-state index contributed by atoms with van der Waals surface area (Å²) >= 11 is 1.45. The van der Waals surface area contributed by atoms with Gasteiger partial charge in [0.05, 0.1) is 29.0 Å². The van der Waals surface area contributed by atoms with E-state index in [1.54, 1.807) is 12.4 Å². The Morgan fingerprint density at radius 1 is 1.42 bits per heavy atom. The van der Waals surface area contributed by atoms with Crippen molar-refractivity contribution in [2.24, 2.45) is 0 Å². The molecule has 0 aliphatic heterocycles. The highest BCUT2D eigenvalue weighted by Gasteiger charge is 2.12. The molecule has 2 heterocycles. The Labute approximate surface area is 113 Å². The van der Waals surface area contributed by atoms with Gasteiger partial charge in [-0.15, -0.1) is 11.3 Å². The quantitative estimate of drug-likeness (QED) is 0.883. The first kappa shape index (κ1) is 13.2. The van der Waals surface area contributed by atoms with Crippen LogP contribution in [0, 0.1) is 6.92 Å². The van der Waals surface area contributed by atoms with Gasteiger partial charge in [0.25, 0.3) is 5.91 Å². The number of rotatable bonds is 4. The fourth-order valence-electron chi connectivity index (χ4n) is 1.50. The van der Waals surface area contributed by atoms with E-state index in [1.165, 1.54) is 23.5 Å². The molecule has 0 saturated carbocycles. The summed E-state index contributed by atoms with van der Waals surface area (Å²) in [5, 5.41) is 13.4. The molecule has 19 heavy (non-hydrogen) atoms. The fourth-order valence-corrected chi connectivity index (χ4v) is 2.06. The SMILES string of the molecule is Cc1nc(C(=O)NCc2cscn2)ccc1C(=O)O. The van der Waals surface area contributed by atoms with Crippen LogP contribution < -0.4 is 5.32 Å². The molecule has 0 spiro atoms. The van der Waals surface area contributed by atoms with Crippen molar-refractivity contribution in [3.05, 3.63) is 45.7 Å². The summed E-state index contributed by atoms with van der Waals surface area (Å²) < 4.78 is 0. The Morgan fingerprint density at radius 3 is 2.79 bits per heavy atom. The van der Waals surface area contributed by atoms with Crippen LogP contribution in [0.3, 0.4) is 0 Å². The van der Waals surface area contributed by atoms with E-state index in [1.807, 2.05) is 5.38 Å². The third-order valence-electron chi connectivity index (χ3n) is 2.46. The molecule has 6 nitrogen and oxygen atoms in total. The molecule has 0 aliphatic rings. The zero-order chi connectivity index (χ0) is 13.8. The molecular weight excluding hydrogens is 266 g/mol. The van der Waals surface area contributed by atoms with Gasteiger partial charge in [0, 0.05) is 5.38 Å². The lowest BCUT2D eigenvalue weighted by Gasteiger charge is -2.05.